The van der Waals surface area contributed by atoms with Gasteiger partial charge in [-0.1, -0.05) is 53.4 Å². The lowest BCUT2D eigenvalue weighted by Crippen LogP contribution is -2.03. The molecule has 3 aromatic heterocycles. The zero-order valence-corrected chi connectivity index (χ0v) is 15.5. The molecule has 1 aromatic carbocycles. The highest BCUT2D eigenvalue weighted by Gasteiger charge is 2.09. The minimum Gasteiger partial charge on any atom is -0.467 e. The standard InChI is InChI=1S/C18H17N5OS2/c1-2-5-14(6-3-1)12-23-9-8-19-16(23)13-25-18-22-21-17(26-18)20-11-15-7-4-10-24-15/h1-10H,11-13H2,(H,20,21). The zero-order valence-electron chi connectivity index (χ0n) is 13.9. The summed E-state index contributed by atoms with van der Waals surface area (Å²) in [4.78, 5) is 4.47. The van der Waals surface area contributed by atoms with Crippen LogP contribution >= 0.6 is 23.1 Å². The van der Waals surface area contributed by atoms with Gasteiger partial charge in [-0.15, -0.1) is 10.2 Å². The molecule has 4 aromatic rings. The lowest BCUT2D eigenvalue weighted by atomic mass is 10.2. The number of aromatic nitrogens is 4. The smallest absolute Gasteiger partial charge is 0.206 e. The number of imidazole rings is 1. The van der Waals surface area contributed by atoms with Gasteiger partial charge in [0, 0.05) is 18.9 Å². The van der Waals surface area contributed by atoms with Crippen LogP contribution in [0.4, 0.5) is 5.13 Å². The van der Waals surface area contributed by atoms with E-state index in [0.29, 0.717) is 6.54 Å². The largest absolute Gasteiger partial charge is 0.467 e. The first-order valence-electron chi connectivity index (χ1n) is 8.13. The minimum absolute atomic E-state index is 0.605. The summed E-state index contributed by atoms with van der Waals surface area (Å²) in [6.07, 6.45) is 5.52. The van der Waals surface area contributed by atoms with Gasteiger partial charge in [-0.2, -0.15) is 0 Å². The monoisotopic (exact) mass is 383 g/mol. The van der Waals surface area contributed by atoms with Gasteiger partial charge in [0.05, 0.1) is 18.6 Å². The van der Waals surface area contributed by atoms with E-state index in [1.54, 1.807) is 18.0 Å². The molecular weight excluding hydrogens is 366 g/mol. The fourth-order valence-electron chi connectivity index (χ4n) is 2.45. The van der Waals surface area contributed by atoms with Gasteiger partial charge in [0.25, 0.3) is 0 Å². The minimum atomic E-state index is 0.605. The Hall–Kier alpha value is -2.58. The first-order chi connectivity index (χ1) is 12.9. The maximum Gasteiger partial charge on any atom is 0.206 e. The van der Waals surface area contributed by atoms with Crippen LogP contribution in [0.5, 0.6) is 0 Å². The molecule has 26 heavy (non-hydrogen) atoms. The van der Waals surface area contributed by atoms with Crippen LogP contribution in [-0.4, -0.2) is 19.7 Å². The van der Waals surface area contributed by atoms with E-state index >= 15 is 0 Å². The summed E-state index contributed by atoms with van der Waals surface area (Å²) in [7, 11) is 0. The molecule has 0 fully saturated rings. The van der Waals surface area contributed by atoms with Crippen molar-refractivity contribution in [1.29, 1.82) is 0 Å². The van der Waals surface area contributed by atoms with Crippen molar-refractivity contribution in [2.45, 2.75) is 23.2 Å². The van der Waals surface area contributed by atoms with Crippen molar-refractivity contribution >= 4 is 28.2 Å². The zero-order chi connectivity index (χ0) is 17.6. The van der Waals surface area contributed by atoms with Gasteiger partial charge in [0.1, 0.15) is 11.6 Å². The molecule has 0 aliphatic rings. The number of anilines is 1. The molecule has 1 N–H and O–H groups in total. The van der Waals surface area contributed by atoms with Crippen molar-refractivity contribution in [3.8, 4) is 0 Å². The van der Waals surface area contributed by atoms with Gasteiger partial charge in [-0.3, -0.25) is 0 Å². The predicted molar refractivity (Wildman–Crippen MR) is 103 cm³/mol. The number of rotatable bonds is 8. The van der Waals surface area contributed by atoms with Crippen LogP contribution in [0, 0.1) is 0 Å². The number of hydrogen-bond donors (Lipinski definition) is 1. The second-order valence-corrected chi connectivity index (χ2v) is 7.75. The van der Waals surface area contributed by atoms with E-state index in [2.05, 4.69) is 49.3 Å². The molecule has 4 rings (SSSR count). The summed E-state index contributed by atoms with van der Waals surface area (Å²) in [5.74, 6) is 2.66. The van der Waals surface area contributed by atoms with Crippen LogP contribution < -0.4 is 5.32 Å². The van der Waals surface area contributed by atoms with Crippen LogP contribution in [0.1, 0.15) is 17.1 Å². The van der Waals surface area contributed by atoms with Gasteiger partial charge in [0.15, 0.2) is 4.34 Å². The van der Waals surface area contributed by atoms with Crippen LogP contribution in [0.2, 0.25) is 0 Å². The highest BCUT2D eigenvalue weighted by molar-refractivity contribution is 8.00. The maximum absolute atomic E-state index is 5.30. The Morgan fingerprint density at radius 1 is 1.12 bits per heavy atom. The number of benzene rings is 1. The van der Waals surface area contributed by atoms with E-state index in [1.807, 2.05) is 30.6 Å². The molecular formula is C18H17N5OS2. The van der Waals surface area contributed by atoms with Crippen LogP contribution in [0.3, 0.4) is 0 Å². The molecule has 0 saturated carbocycles. The summed E-state index contributed by atoms with van der Waals surface area (Å²) in [6.45, 7) is 1.43. The predicted octanol–water partition coefficient (Wildman–Crippen LogP) is 4.28. The fraction of sp³-hybridized carbons (Fsp3) is 0.167. The molecule has 0 radical (unpaired) electrons. The molecule has 0 amide bonds. The van der Waals surface area contributed by atoms with Crippen molar-refractivity contribution in [2.24, 2.45) is 0 Å². The fourth-order valence-corrected chi connectivity index (χ4v) is 4.16. The van der Waals surface area contributed by atoms with Gasteiger partial charge in [0.2, 0.25) is 5.13 Å². The number of nitrogens with one attached hydrogen (secondary N) is 1. The van der Waals surface area contributed by atoms with Crippen molar-refractivity contribution in [3.05, 3.63) is 78.3 Å². The SMILES string of the molecule is c1ccc(Cn2ccnc2CSc2nnc(NCc3ccco3)s2)cc1. The van der Waals surface area contributed by atoms with E-state index in [4.69, 9.17) is 4.42 Å². The molecule has 132 valence electrons. The topological polar surface area (TPSA) is 68.8 Å². The van der Waals surface area contributed by atoms with E-state index in [0.717, 1.165) is 33.4 Å². The molecule has 0 saturated heterocycles. The molecule has 0 aliphatic carbocycles. The molecule has 0 atom stereocenters. The molecule has 0 unspecified atom stereocenters. The Morgan fingerprint density at radius 3 is 2.88 bits per heavy atom. The van der Waals surface area contributed by atoms with Crippen LogP contribution in [0.25, 0.3) is 0 Å². The van der Waals surface area contributed by atoms with Crippen LogP contribution in [0.15, 0.2) is 69.9 Å². The number of furan rings is 1. The quantitative estimate of drug-likeness (QED) is 0.458. The molecule has 6 nitrogen and oxygen atoms in total. The Balaban J connectivity index is 1.33. The van der Waals surface area contributed by atoms with Crippen molar-refractivity contribution in [3.63, 3.8) is 0 Å². The van der Waals surface area contributed by atoms with Gasteiger partial charge in [-0.25, -0.2) is 4.98 Å². The lowest BCUT2D eigenvalue weighted by Gasteiger charge is -2.07. The van der Waals surface area contributed by atoms with Crippen molar-refractivity contribution in [2.75, 3.05) is 5.32 Å². The summed E-state index contributed by atoms with van der Waals surface area (Å²) < 4.78 is 8.38. The van der Waals surface area contributed by atoms with Crippen LogP contribution in [-0.2, 0) is 18.8 Å². The lowest BCUT2D eigenvalue weighted by molar-refractivity contribution is 0.518. The summed E-state index contributed by atoms with van der Waals surface area (Å²) in [5, 5.41) is 12.4. The highest BCUT2D eigenvalue weighted by Crippen LogP contribution is 2.28. The Kier molecular flexibility index (Phi) is 5.32. The third-order valence-electron chi connectivity index (χ3n) is 3.72. The molecule has 0 aliphatic heterocycles. The van der Waals surface area contributed by atoms with Gasteiger partial charge in [-0.05, 0) is 17.7 Å². The highest BCUT2D eigenvalue weighted by atomic mass is 32.2. The van der Waals surface area contributed by atoms with Gasteiger partial charge >= 0.3 is 0 Å². The van der Waals surface area contributed by atoms with E-state index in [1.165, 1.54) is 16.9 Å². The van der Waals surface area contributed by atoms with E-state index < -0.39 is 0 Å². The number of thioether (sulfide) groups is 1. The second-order valence-electron chi connectivity index (χ2n) is 5.55. The number of nitrogens with zero attached hydrogens (tertiary/aromatic N) is 4. The Labute approximate surface area is 159 Å². The van der Waals surface area contributed by atoms with Crippen molar-refractivity contribution < 1.29 is 4.42 Å². The first-order valence-corrected chi connectivity index (χ1v) is 9.93. The maximum atomic E-state index is 5.30. The summed E-state index contributed by atoms with van der Waals surface area (Å²) in [5.41, 5.74) is 1.26. The van der Waals surface area contributed by atoms with Gasteiger partial charge < -0.3 is 14.3 Å². The third kappa shape index (κ3) is 4.33. The first kappa shape index (κ1) is 16.9. The molecule has 3 heterocycles. The molecule has 8 heteroatoms. The van der Waals surface area contributed by atoms with E-state index in [9.17, 15) is 0 Å². The second kappa shape index (κ2) is 8.20. The third-order valence-corrected chi connectivity index (χ3v) is 5.73. The summed E-state index contributed by atoms with van der Waals surface area (Å²) in [6, 6.07) is 14.2. The Morgan fingerprint density at radius 2 is 2.04 bits per heavy atom. The molecule has 0 bridgehead atoms. The average molecular weight is 384 g/mol. The molecule has 0 spiro atoms. The van der Waals surface area contributed by atoms with Crippen molar-refractivity contribution in [1.82, 2.24) is 19.7 Å². The average Bonchev–Trinajstić information content (AvgIpc) is 3.42. The van der Waals surface area contributed by atoms with E-state index in [-0.39, 0.29) is 0 Å². The number of hydrogen-bond acceptors (Lipinski definition) is 7. The normalized spacial score (nSPS) is 10.9. The summed E-state index contributed by atoms with van der Waals surface area (Å²) >= 11 is 3.18. The Bertz CT molecular complexity index is 934.